The zero-order valence-electron chi connectivity index (χ0n) is 8.07. The molecule has 2 rings (SSSR count). The van der Waals surface area contributed by atoms with Crippen LogP contribution in [-0.2, 0) is 4.74 Å². The van der Waals surface area contributed by atoms with Gasteiger partial charge in [-0.2, -0.15) is 0 Å². The highest BCUT2D eigenvalue weighted by atomic mass is 35.5. The quantitative estimate of drug-likeness (QED) is 0.735. The highest BCUT2D eigenvalue weighted by Gasteiger charge is 2.21. The Morgan fingerprint density at radius 3 is 2.93 bits per heavy atom. The van der Waals surface area contributed by atoms with Gasteiger partial charge in [0.15, 0.2) is 0 Å². The van der Waals surface area contributed by atoms with Crippen LogP contribution in [0.1, 0.15) is 47.7 Å². The molecule has 0 radical (unpaired) electrons. The lowest BCUT2D eigenvalue weighted by atomic mass is 10.1. The third-order valence-electron chi connectivity index (χ3n) is 2.25. The summed E-state index contributed by atoms with van der Waals surface area (Å²) in [6, 6.07) is 0. The Morgan fingerprint density at radius 1 is 1.50 bits per heavy atom. The van der Waals surface area contributed by atoms with E-state index in [1.54, 1.807) is 11.3 Å². The fourth-order valence-electron chi connectivity index (χ4n) is 1.47. The molecule has 1 saturated heterocycles. The molecule has 14 heavy (non-hydrogen) atoms. The van der Waals surface area contributed by atoms with E-state index in [0.717, 1.165) is 29.5 Å². The minimum absolute atomic E-state index is 0.0511. The summed E-state index contributed by atoms with van der Waals surface area (Å²) in [6.07, 6.45) is 3.60. The molecule has 0 N–H and O–H groups in total. The van der Waals surface area contributed by atoms with Gasteiger partial charge in [0.05, 0.1) is 5.38 Å². The summed E-state index contributed by atoms with van der Waals surface area (Å²) in [6.45, 7) is 2.75. The van der Waals surface area contributed by atoms with Crippen molar-refractivity contribution in [3.05, 3.63) is 10.0 Å². The molecule has 3 nitrogen and oxygen atoms in total. The van der Waals surface area contributed by atoms with Gasteiger partial charge in [0.25, 0.3) is 0 Å². The molecule has 0 aliphatic carbocycles. The van der Waals surface area contributed by atoms with Crippen LogP contribution in [0.5, 0.6) is 0 Å². The number of ether oxygens (including phenoxy) is 1. The molecule has 2 unspecified atom stereocenters. The fraction of sp³-hybridized carbons (Fsp3) is 0.778. The summed E-state index contributed by atoms with van der Waals surface area (Å²) in [5, 5.41) is 9.98. The second-order valence-electron chi connectivity index (χ2n) is 3.45. The Bertz CT molecular complexity index is 297. The maximum Gasteiger partial charge on any atom is 0.146 e. The molecule has 0 saturated carbocycles. The van der Waals surface area contributed by atoms with Crippen molar-refractivity contribution in [3.63, 3.8) is 0 Å². The number of alkyl halides is 1. The summed E-state index contributed by atoms with van der Waals surface area (Å²) in [7, 11) is 0. The third kappa shape index (κ3) is 2.24. The molecule has 78 valence electrons. The predicted molar refractivity (Wildman–Crippen MR) is 56.7 cm³/mol. The van der Waals surface area contributed by atoms with E-state index in [0.29, 0.717) is 0 Å². The number of hydrogen-bond acceptors (Lipinski definition) is 4. The van der Waals surface area contributed by atoms with Crippen molar-refractivity contribution in [2.75, 3.05) is 6.61 Å². The largest absolute Gasteiger partial charge is 0.371 e. The molecule has 1 aliphatic heterocycles. The van der Waals surface area contributed by atoms with Crippen molar-refractivity contribution < 1.29 is 4.74 Å². The first kappa shape index (κ1) is 10.3. The average molecular weight is 233 g/mol. The highest BCUT2D eigenvalue weighted by Crippen LogP contribution is 2.32. The molecule has 0 bridgehead atoms. The number of halogens is 1. The molecule has 5 heteroatoms. The van der Waals surface area contributed by atoms with Crippen LogP contribution < -0.4 is 0 Å². The van der Waals surface area contributed by atoms with E-state index in [4.69, 9.17) is 16.3 Å². The molecule has 1 aromatic rings. The van der Waals surface area contributed by atoms with Crippen molar-refractivity contribution >= 4 is 22.9 Å². The van der Waals surface area contributed by atoms with Gasteiger partial charge in [-0.1, -0.05) is 11.3 Å². The van der Waals surface area contributed by atoms with E-state index in [1.807, 2.05) is 6.92 Å². The van der Waals surface area contributed by atoms with Gasteiger partial charge in [0, 0.05) is 6.61 Å². The summed E-state index contributed by atoms with van der Waals surface area (Å²) < 4.78 is 5.62. The third-order valence-corrected chi connectivity index (χ3v) is 3.79. The minimum atomic E-state index is -0.0511. The van der Waals surface area contributed by atoms with E-state index in [9.17, 15) is 0 Å². The van der Waals surface area contributed by atoms with Gasteiger partial charge in [0.2, 0.25) is 0 Å². The first-order chi connectivity index (χ1) is 6.77. The Hall–Kier alpha value is -0.190. The first-order valence-electron chi connectivity index (χ1n) is 4.86. The number of rotatable bonds is 2. The zero-order chi connectivity index (χ0) is 9.97. The normalized spacial score (nSPS) is 24.9. The van der Waals surface area contributed by atoms with E-state index in [2.05, 4.69) is 10.2 Å². The lowest BCUT2D eigenvalue weighted by Crippen LogP contribution is -2.11. The zero-order valence-corrected chi connectivity index (χ0v) is 9.64. The van der Waals surface area contributed by atoms with E-state index in [-0.39, 0.29) is 11.5 Å². The van der Waals surface area contributed by atoms with E-state index < -0.39 is 0 Å². The minimum Gasteiger partial charge on any atom is -0.371 e. The lowest BCUT2D eigenvalue weighted by Gasteiger charge is -2.19. The fourth-order valence-corrected chi connectivity index (χ4v) is 2.51. The van der Waals surface area contributed by atoms with Crippen LogP contribution >= 0.6 is 22.9 Å². The molecule has 1 fully saturated rings. The van der Waals surface area contributed by atoms with Crippen LogP contribution in [0, 0.1) is 0 Å². The van der Waals surface area contributed by atoms with Crippen LogP contribution in [0.25, 0.3) is 0 Å². The van der Waals surface area contributed by atoms with Gasteiger partial charge in [-0.15, -0.1) is 21.8 Å². The predicted octanol–water partition coefficient (Wildman–Crippen LogP) is 3.08. The standard InChI is InChI=1S/C9H13ClN2OS/c1-6(10)8-11-12-9(14-8)7-4-2-3-5-13-7/h6-7H,2-5H2,1H3. The van der Waals surface area contributed by atoms with Gasteiger partial charge in [-0.05, 0) is 26.2 Å². The van der Waals surface area contributed by atoms with E-state index in [1.165, 1.54) is 6.42 Å². The maximum atomic E-state index is 5.92. The number of aromatic nitrogens is 2. The summed E-state index contributed by atoms with van der Waals surface area (Å²) in [5.41, 5.74) is 0. The van der Waals surface area contributed by atoms with Crippen molar-refractivity contribution in [2.24, 2.45) is 0 Å². The Morgan fingerprint density at radius 2 is 2.36 bits per heavy atom. The highest BCUT2D eigenvalue weighted by molar-refractivity contribution is 7.11. The van der Waals surface area contributed by atoms with Gasteiger partial charge in [0.1, 0.15) is 16.1 Å². The lowest BCUT2D eigenvalue weighted by molar-refractivity contribution is 0.0144. The Kier molecular flexibility index (Phi) is 3.36. The van der Waals surface area contributed by atoms with Crippen molar-refractivity contribution in [1.82, 2.24) is 10.2 Å². The van der Waals surface area contributed by atoms with Crippen LogP contribution in [0.3, 0.4) is 0 Å². The summed E-state index contributed by atoms with van der Waals surface area (Å²) in [5.74, 6) is 0. The second kappa shape index (κ2) is 4.55. The number of nitrogens with zero attached hydrogens (tertiary/aromatic N) is 2. The molecular weight excluding hydrogens is 220 g/mol. The van der Waals surface area contributed by atoms with Crippen LogP contribution in [0.4, 0.5) is 0 Å². The number of hydrogen-bond donors (Lipinski definition) is 0. The second-order valence-corrected chi connectivity index (χ2v) is 5.15. The van der Waals surface area contributed by atoms with Crippen molar-refractivity contribution in [1.29, 1.82) is 0 Å². The van der Waals surface area contributed by atoms with Gasteiger partial charge in [-0.3, -0.25) is 0 Å². The topological polar surface area (TPSA) is 35.0 Å². The molecule has 2 atom stereocenters. The summed E-state index contributed by atoms with van der Waals surface area (Å²) in [4.78, 5) is 0. The Balaban J connectivity index is 2.07. The van der Waals surface area contributed by atoms with Gasteiger partial charge >= 0.3 is 0 Å². The molecule has 2 heterocycles. The van der Waals surface area contributed by atoms with Gasteiger partial charge < -0.3 is 4.74 Å². The van der Waals surface area contributed by atoms with Crippen LogP contribution in [0.2, 0.25) is 0 Å². The van der Waals surface area contributed by atoms with E-state index >= 15 is 0 Å². The van der Waals surface area contributed by atoms with Crippen LogP contribution in [-0.4, -0.2) is 16.8 Å². The molecule has 0 spiro atoms. The summed E-state index contributed by atoms with van der Waals surface area (Å²) >= 11 is 7.49. The molecular formula is C9H13ClN2OS. The van der Waals surface area contributed by atoms with Crippen molar-refractivity contribution in [2.45, 2.75) is 37.7 Å². The smallest absolute Gasteiger partial charge is 0.146 e. The molecule has 0 aromatic carbocycles. The Labute approximate surface area is 92.4 Å². The maximum absolute atomic E-state index is 5.92. The SMILES string of the molecule is CC(Cl)c1nnc(C2CCCCO2)s1. The average Bonchev–Trinajstić information content (AvgIpc) is 2.68. The monoisotopic (exact) mass is 232 g/mol. The van der Waals surface area contributed by atoms with Crippen molar-refractivity contribution in [3.8, 4) is 0 Å². The first-order valence-corrected chi connectivity index (χ1v) is 6.11. The molecule has 1 aliphatic rings. The molecule has 0 amide bonds. The van der Waals surface area contributed by atoms with Gasteiger partial charge in [-0.25, -0.2) is 0 Å². The van der Waals surface area contributed by atoms with Crippen LogP contribution in [0.15, 0.2) is 0 Å². The molecule has 1 aromatic heterocycles.